The van der Waals surface area contributed by atoms with Gasteiger partial charge in [0.05, 0.1) is 25.9 Å². The van der Waals surface area contributed by atoms with E-state index in [2.05, 4.69) is 29.0 Å². The Labute approximate surface area is 139 Å². The highest BCUT2D eigenvalue weighted by atomic mass is 16.5. The lowest BCUT2D eigenvalue weighted by molar-refractivity contribution is 0.218. The van der Waals surface area contributed by atoms with Gasteiger partial charge in [0.15, 0.2) is 0 Å². The van der Waals surface area contributed by atoms with E-state index in [1.807, 2.05) is 24.3 Å². The van der Waals surface area contributed by atoms with Gasteiger partial charge in [-0.2, -0.15) is 0 Å². The molecule has 3 rings (SSSR count). The number of fused-ring (bicyclic) bond motifs is 1. The van der Waals surface area contributed by atoms with Crippen molar-refractivity contribution in [3.05, 3.63) is 56.2 Å². The van der Waals surface area contributed by atoms with Crippen LogP contribution in [0.5, 0.6) is 5.75 Å². The number of aromatic nitrogens is 2. The quantitative estimate of drug-likeness (QED) is 0.880. The Morgan fingerprint density at radius 3 is 2.71 bits per heavy atom. The van der Waals surface area contributed by atoms with Crippen molar-refractivity contribution in [2.45, 2.75) is 33.0 Å². The van der Waals surface area contributed by atoms with Crippen molar-refractivity contribution in [2.24, 2.45) is 0 Å². The normalized spacial score (nSPS) is 14.3. The van der Waals surface area contributed by atoms with Crippen LogP contribution in [0, 0.1) is 0 Å². The fourth-order valence-electron chi connectivity index (χ4n) is 2.92. The van der Waals surface area contributed by atoms with Gasteiger partial charge in [-0.25, -0.2) is 4.79 Å². The second-order valence-corrected chi connectivity index (χ2v) is 6.16. The van der Waals surface area contributed by atoms with E-state index in [0.29, 0.717) is 42.9 Å². The summed E-state index contributed by atoms with van der Waals surface area (Å²) in [7, 11) is 1.60. The van der Waals surface area contributed by atoms with E-state index in [-0.39, 0.29) is 5.56 Å². The molecule has 0 fully saturated rings. The highest BCUT2D eigenvalue weighted by Crippen LogP contribution is 2.23. The van der Waals surface area contributed by atoms with Crippen LogP contribution in [0.4, 0.5) is 5.82 Å². The zero-order valence-corrected chi connectivity index (χ0v) is 14.1. The molecule has 1 aliphatic heterocycles. The summed E-state index contributed by atoms with van der Waals surface area (Å²) in [5.41, 5.74) is 0.716. The molecule has 0 saturated carbocycles. The van der Waals surface area contributed by atoms with Crippen molar-refractivity contribution in [3.63, 3.8) is 0 Å². The summed E-state index contributed by atoms with van der Waals surface area (Å²) in [6.45, 7) is 5.59. The van der Waals surface area contributed by atoms with Crippen LogP contribution in [0.2, 0.25) is 0 Å². The first-order chi connectivity index (χ1) is 11.5. The number of H-pyrrole nitrogens is 1. The Balaban J connectivity index is 2.05. The highest BCUT2D eigenvalue weighted by molar-refractivity contribution is 5.46. The summed E-state index contributed by atoms with van der Waals surface area (Å²) >= 11 is 0. The maximum Gasteiger partial charge on any atom is 0.330 e. The van der Waals surface area contributed by atoms with Gasteiger partial charge in [0, 0.05) is 18.2 Å². The van der Waals surface area contributed by atoms with Crippen LogP contribution in [0.3, 0.4) is 0 Å². The van der Waals surface area contributed by atoms with E-state index in [1.54, 1.807) is 11.7 Å². The van der Waals surface area contributed by atoms with E-state index in [9.17, 15) is 9.59 Å². The van der Waals surface area contributed by atoms with Gasteiger partial charge in [-0.15, -0.1) is 0 Å². The van der Waals surface area contributed by atoms with Gasteiger partial charge in [0.2, 0.25) is 0 Å². The minimum atomic E-state index is -0.421. The van der Waals surface area contributed by atoms with Gasteiger partial charge in [-0.1, -0.05) is 18.2 Å². The molecule has 1 aliphatic rings. The van der Waals surface area contributed by atoms with E-state index in [4.69, 9.17) is 4.74 Å². The molecule has 1 aromatic carbocycles. The number of hydrogen-bond donors (Lipinski definition) is 2. The molecule has 2 N–H and O–H groups in total. The van der Waals surface area contributed by atoms with Gasteiger partial charge >= 0.3 is 5.69 Å². The number of anilines is 1. The molecule has 0 spiro atoms. The third-order valence-electron chi connectivity index (χ3n) is 4.36. The predicted molar refractivity (Wildman–Crippen MR) is 92.6 cm³/mol. The molecule has 0 atom stereocenters. The summed E-state index contributed by atoms with van der Waals surface area (Å²) < 4.78 is 6.92. The molecule has 0 bridgehead atoms. The Kier molecular flexibility index (Phi) is 4.44. The van der Waals surface area contributed by atoms with Crippen LogP contribution in [-0.4, -0.2) is 34.3 Å². The maximum absolute atomic E-state index is 12.3. The van der Waals surface area contributed by atoms with Gasteiger partial charge in [-0.05, 0) is 19.9 Å². The second kappa shape index (κ2) is 6.52. The lowest BCUT2D eigenvalue weighted by atomic mass is 10.1. The number of nitrogens with one attached hydrogen (secondary N) is 2. The fraction of sp³-hybridized carbons (Fsp3) is 0.412. The largest absolute Gasteiger partial charge is 0.496 e. The summed E-state index contributed by atoms with van der Waals surface area (Å²) in [5.74, 6) is 1.30. The average molecular weight is 330 g/mol. The van der Waals surface area contributed by atoms with E-state index in [0.717, 1.165) is 5.56 Å². The number of nitrogens with zero attached hydrogens (tertiary/aromatic N) is 2. The van der Waals surface area contributed by atoms with Crippen molar-refractivity contribution in [1.82, 2.24) is 14.5 Å². The number of benzene rings is 1. The van der Waals surface area contributed by atoms with Crippen LogP contribution in [0.25, 0.3) is 0 Å². The Hall–Kier alpha value is -2.54. The van der Waals surface area contributed by atoms with Crippen LogP contribution in [0.15, 0.2) is 33.9 Å². The molecule has 24 heavy (non-hydrogen) atoms. The monoisotopic (exact) mass is 330 g/mol. The van der Waals surface area contributed by atoms with Gasteiger partial charge in [0.25, 0.3) is 5.56 Å². The third-order valence-corrected chi connectivity index (χ3v) is 4.36. The molecule has 7 heteroatoms. The molecule has 0 amide bonds. The predicted octanol–water partition coefficient (Wildman–Crippen LogP) is 1.19. The SMILES string of the molecule is COc1ccccc1Cn1c2c(c(=O)[nH]c1=O)CN(C(C)C)CN2. The zero-order valence-electron chi connectivity index (χ0n) is 14.1. The first-order valence-corrected chi connectivity index (χ1v) is 7.97. The van der Waals surface area contributed by atoms with Crippen LogP contribution >= 0.6 is 0 Å². The standard InChI is InChI=1S/C17H22N4O3/c1-11(2)20-9-13-15(18-10-20)21(17(23)19-16(13)22)8-12-6-4-5-7-14(12)24-3/h4-7,11,18H,8-10H2,1-3H3,(H,19,22,23). The minimum absolute atomic E-state index is 0.305. The van der Waals surface area contributed by atoms with Crippen molar-refractivity contribution in [1.29, 1.82) is 0 Å². The minimum Gasteiger partial charge on any atom is -0.496 e. The third kappa shape index (κ3) is 2.94. The van der Waals surface area contributed by atoms with Crippen molar-refractivity contribution in [3.8, 4) is 5.75 Å². The second-order valence-electron chi connectivity index (χ2n) is 6.16. The molecule has 2 heterocycles. The highest BCUT2D eigenvalue weighted by Gasteiger charge is 2.24. The number of ether oxygens (including phenoxy) is 1. The first kappa shape index (κ1) is 16.3. The number of aromatic amines is 1. The molecule has 128 valence electrons. The summed E-state index contributed by atoms with van der Waals surface area (Å²) in [5, 5.41) is 3.23. The molecule has 0 unspecified atom stereocenters. The smallest absolute Gasteiger partial charge is 0.330 e. The van der Waals surface area contributed by atoms with E-state index >= 15 is 0 Å². The van der Waals surface area contributed by atoms with Crippen molar-refractivity contribution < 1.29 is 4.74 Å². The number of hydrogen-bond acceptors (Lipinski definition) is 5. The Morgan fingerprint density at radius 1 is 1.25 bits per heavy atom. The van der Waals surface area contributed by atoms with Crippen molar-refractivity contribution >= 4 is 5.82 Å². The van der Waals surface area contributed by atoms with E-state index < -0.39 is 5.69 Å². The van der Waals surface area contributed by atoms with Crippen LogP contribution in [-0.2, 0) is 13.1 Å². The number of rotatable bonds is 4. The molecule has 1 aromatic heterocycles. The Bertz CT molecular complexity index is 854. The number of para-hydroxylation sites is 1. The molecule has 2 aromatic rings. The first-order valence-electron chi connectivity index (χ1n) is 7.97. The summed E-state index contributed by atoms with van der Waals surface area (Å²) in [6, 6.07) is 7.85. The van der Waals surface area contributed by atoms with Crippen LogP contribution in [0.1, 0.15) is 25.0 Å². The van der Waals surface area contributed by atoms with Gasteiger partial charge < -0.3 is 10.1 Å². The zero-order chi connectivity index (χ0) is 17.3. The number of methoxy groups -OCH3 is 1. The fourth-order valence-corrected chi connectivity index (χ4v) is 2.92. The Morgan fingerprint density at radius 2 is 2.00 bits per heavy atom. The molecule has 7 nitrogen and oxygen atoms in total. The molecule has 0 saturated heterocycles. The maximum atomic E-state index is 12.3. The topological polar surface area (TPSA) is 79.4 Å². The van der Waals surface area contributed by atoms with Crippen LogP contribution < -0.4 is 21.3 Å². The molecule has 0 radical (unpaired) electrons. The molecular weight excluding hydrogens is 308 g/mol. The van der Waals surface area contributed by atoms with E-state index in [1.165, 1.54) is 0 Å². The summed E-state index contributed by atoms with van der Waals surface area (Å²) in [6.07, 6.45) is 0. The molecule has 0 aliphatic carbocycles. The summed E-state index contributed by atoms with van der Waals surface area (Å²) in [4.78, 5) is 29.1. The lowest BCUT2D eigenvalue weighted by Crippen LogP contribution is -2.45. The average Bonchev–Trinajstić information content (AvgIpc) is 2.58. The van der Waals surface area contributed by atoms with Gasteiger partial charge in [0.1, 0.15) is 11.6 Å². The van der Waals surface area contributed by atoms with Crippen molar-refractivity contribution in [2.75, 3.05) is 19.1 Å². The lowest BCUT2D eigenvalue weighted by Gasteiger charge is -2.33. The van der Waals surface area contributed by atoms with Gasteiger partial charge in [-0.3, -0.25) is 19.2 Å². The molecular formula is C17H22N4O3.